The number of aliphatic carboxylic acids is 1. The van der Waals surface area contributed by atoms with Gasteiger partial charge in [-0.1, -0.05) is 0 Å². The Kier molecular flexibility index (Phi) is 4.88. The minimum absolute atomic E-state index is 0.470. The van der Waals surface area contributed by atoms with Crippen molar-refractivity contribution >= 4 is 5.97 Å². The van der Waals surface area contributed by atoms with E-state index in [1.807, 2.05) is 0 Å². The lowest BCUT2D eigenvalue weighted by atomic mass is 10.2. The summed E-state index contributed by atoms with van der Waals surface area (Å²) >= 11 is 0. The predicted octanol–water partition coefficient (Wildman–Crippen LogP) is -0.305. The van der Waals surface area contributed by atoms with Gasteiger partial charge in [0.25, 0.3) is 0 Å². The molecular formula is C6H13NO3. The van der Waals surface area contributed by atoms with E-state index in [0.29, 0.717) is 13.0 Å². The molecule has 4 nitrogen and oxygen atoms in total. The van der Waals surface area contributed by atoms with Crippen molar-refractivity contribution in [2.24, 2.45) is 0 Å². The molecule has 0 aromatic rings. The normalized spacial score (nSPS) is 13.0. The number of carboxylic acids is 1. The molecule has 0 bridgehead atoms. The first-order chi connectivity index (χ1) is 4.72. The highest BCUT2D eigenvalue weighted by atomic mass is 16.5. The third kappa shape index (κ3) is 3.42. The van der Waals surface area contributed by atoms with Crippen molar-refractivity contribution < 1.29 is 14.6 Å². The molecule has 4 heteroatoms. The SMILES string of the molecule is CNC(CCOC)C(=O)O. The van der Waals surface area contributed by atoms with Gasteiger partial charge in [0, 0.05) is 13.7 Å². The summed E-state index contributed by atoms with van der Waals surface area (Å²) in [5.41, 5.74) is 0. The van der Waals surface area contributed by atoms with Crippen molar-refractivity contribution in [2.45, 2.75) is 12.5 Å². The fourth-order valence-corrected chi connectivity index (χ4v) is 0.627. The Morgan fingerprint density at radius 1 is 1.80 bits per heavy atom. The van der Waals surface area contributed by atoms with E-state index >= 15 is 0 Å². The molecule has 0 spiro atoms. The van der Waals surface area contributed by atoms with Gasteiger partial charge in [-0.05, 0) is 13.5 Å². The third-order valence-corrected chi connectivity index (χ3v) is 1.26. The Morgan fingerprint density at radius 3 is 2.70 bits per heavy atom. The summed E-state index contributed by atoms with van der Waals surface area (Å²) in [7, 11) is 3.17. The second kappa shape index (κ2) is 5.20. The van der Waals surface area contributed by atoms with Crippen LogP contribution in [0, 0.1) is 0 Å². The molecule has 0 aliphatic heterocycles. The van der Waals surface area contributed by atoms with E-state index in [-0.39, 0.29) is 0 Å². The molecule has 0 fully saturated rings. The average Bonchev–Trinajstić information content (AvgIpc) is 1.89. The van der Waals surface area contributed by atoms with Crippen LogP contribution in [0.4, 0.5) is 0 Å². The van der Waals surface area contributed by atoms with E-state index < -0.39 is 12.0 Å². The minimum Gasteiger partial charge on any atom is -0.480 e. The van der Waals surface area contributed by atoms with E-state index in [1.54, 1.807) is 14.2 Å². The molecule has 0 amide bonds. The third-order valence-electron chi connectivity index (χ3n) is 1.26. The van der Waals surface area contributed by atoms with Crippen LogP contribution in [-0.4, -0.2) is 37.9 Å². The molecule has 0 saturated carbocycles. The molecule has 0 aromatic carbocycles. The predicted molar refractivity (Wildman–Crippen MR) is 37.0 cm³/mol. The maximum absolute atomic E-state index is 10.3. The Morgan fingerprint density at radius 2 is 2.40 bits per heavy atom. The molecule has 0 rings (SSSR count). The summed E-state index contributed by atoms with van der Waals surface area (Å²) in [6, 6.07) is -0.486. The molecular weight excluding hydrogens is 134 g/mol. The molecule has 0 radical (unpaired) electrons. The molecule has 10 heavy (non-hydrogen) atoms. The first-order valence-electron chi connectivity index (χ1n) is 3.11. The van der Waals surface area contributed by atoms with Crippen molar-refractivity contribution in [2.75, 3.05) is 20.8 Å². The van der Waals surface area contributed by atoms with Crippen LogP contribution in [0.2, 0.25) is 0 Å². The molecule has 2 N–H and O–H groups in total. The van der Waals surface area contributed by atoms with Gasteiger partial charge in [0.2, 0.25) is 0 Å². The number of likely N-dealkylation sites (N-methyl/N-ethyl adjacent to an activating group) is 1. The fraction of sp³-hybridized carbons (Fsp3) is 0.833. The lowest BCUT2D eigenvalue weighted by Crippen LogP contribution is -2.34. The second-order valence-corrected chi connectivity index (χ2v) is 1.96. The molecule has 1 atom stereocenters. The molecule has 1 unspecified atom stereocenters. The lowest BCUT2D eigenvalue weighted by molar-refractivity contribution is -0.139. The van der Waals surface area contributed by atoms with E-state index in [4.69, 9.17) is 9.84 Å². The van der Waals surface area contributed by atoms with Crippen molar-refractivity contribution in [1.82, 2.24) is 5.32 Å². The van der Waals surface area contributed by atoms with Gasteiger partial charge in [-0.2, -0.15) is 0 Å². The topological polar surface area (TPSA) is 58.6 Å². The number of carbonyl (C=O) groups is 1. The molecule has 0 aromatic heterocycles. The van der Waals surface area contributed by atoms with E-state index in [0.717, 1.165) is 0 Å². The zero-order valence-electron chi connectivity index (χ0n) is 6.26. The number of carboxylic acid groups (broad SMARTS) is 1. The first kappa shape index (κ1) is 9.39. The van der Waals surface area contributed by atoms with E-state index in [1.165, 1.54) is 0 Å². The molecule has 0 aliphatic rings. The zero-order chi connectivity index (χ0) is 7.98. The standard InChI is InChI=1S/C6H13NO3/c1-7-5(6(8)9)3-4-10-2/h5,7H,3-4H2,1-2H3,(H,8,9). The van der Waals surface area contributed by atoms with Crippen LogP contribution in [0.15, 0.2) is 0 Å². The summed E-state index contributed by atoms with van der Waals surface area (Å²) in [6.45, 7) is 0.470. The fourth-order valence-electron chi connectivity index (χ4n) is 0.627. The van der Waals surface area contributed by atoms with Gasteiger partial charge in [0.05, 0.1) is 0 Å². The highest BCUT2D eigenvalue weighted by Gasteiger charge is 2.12. The second-order valence-electron chi connectivity index (χ2n) is 1.96. The van der Waals surface area contributed by atoms with Crippen LogP contribution >= 0.6 is 0 Å². The van der Waals surface area contributed by atoms with Crippen LogP contribution in [-0.2, 0) is 9.53 Å². The van der Waals surface area contributed by atoms with Gasteiger partial charge in [-0.25, -0.2) is 0 Å². The quantitative estimate of drug-likeness (QED) is 0.560. The van der Waals surface area contributed by atoms with Gasteiger partial charge in [-0.3, -0.25) is 4.79 Å². The van der Waals surface area contributed by atoms with Gasteiger partial charge in [-0.15, -0.1) is 0 Å². The van der Waals surface area contributed by atoms with Crippen LogP contribution in [0.1, 0.15) is 6.42 Å². The number of nitrogens with one attached hydrogen (secondary N) is 1. The van der Waals surface area contributed by atoms with Crippen molar-refractivity contribution in [3.63, 3.8) is 0 Å². The Balaban J connectivity index is 3.50. The Hall–Kier alpha value is -0.610. The summed E-state index contributed by atoms with van der Waals surface area (Å²) in [5, 5.41) is 11.1. The first-order valence-corrected chi connectivity index (χ1v) is 3.11. The van der Waals surface area contributed by atoms with Crippen molar-refractivity contribution in [3.8, 4) is 0 Å². The van der Waals surface area contributed by atoms with Crippen LogP contribution in [0.3, 0.4) is 0 Å². The monoisotopic (exact) mass is 147 g/mol. The summed E-state index contributed by atoms with van der Waals surface area (Å²) in [4.78, 5) is 10.3. The van der Waals surface area contributed by atoms with E-state index in [9.17, 15) is 4.79 Å². The van der Waals surface area contributed by atoms with Gasteiger partial charge in [0.15, 0.2) is 0 Å². The highest BCUT2D eigenvalue weighted by molar-refractivity contribution is 5.73. The Bertz CT molecular complexity index is 105. The number of methoxy groups -OCH3 is 1. The maximum atomic E-state index is 10.3. The number of hydrogen-bond acceptors (Lipinski definition) is 3. The van der Waals surface area contributed by atoms with Crippen LogP contribution < -0.4 is 5.32 Å². The zero-order valence-corrected chi connectivity index (χ0v) is 6.26. The van der Waals surface area contributed by atoms with E-state index in [2.05, 4.69) is 5.32 Å². The van der Waals surface area contributed by atoms with Gasteiger partial charge in [0.1, 0.15) is 6.04 Å². The summed E-state index contributed by atoms with van der Waals surface area (Å²) in [6.07, 6.45) is 0.502. The van der Waals surface area contributed by atoms with Crippen molar-refractivity contribution in [3.05, 3.63) is 0 Å². The van der Waals surface area contributed by atoms with Crippen LogP contribution in [0.5, 0.6) is 0 Å². The molecule has 0 saturated heterocycles. The molecule has 60 valence electrons. The molecule has 0 heterocycles. The largest absolute Gasteiger partial charge is 0.480 e. The summed E-state index contributed by atoms with van der Waals surface area (Å²) in [5.74, 6) is -0.834. The van der Waals surface area contributed by atoms with Crippen molar-refractivity contribution in [1.29, 1.82) is 0 Å². The number of ether oxygens (including phenoxy) is 1. The average molecular weight is 147 g/mol. The minimum atomic E-state index is -0.834. The highest BCUT2D eigenvalue weighted by Crippen LogP contribution is 1.90. The van der Waals surface area contributed by atoms with Gasteiger partial charge >= 0.3 is 5.97 Å². The number of rotatable bonds is 5. The number of hydrogen-bond donors (Lipinski definition) is 2. The maximum Gasteiger partial charge on any atom is 0.320 e. The summed E-state index contributed by atoms with van der Waals surface area (Å²) < 4.78 is 4.72. The lowest BCUT2D eigenvalue weighted by Gasteiger charge is -2.08. The molecule has 0 aliphatic carbocycles. The van der Waals surface area contributed by atoms with Gasteiger partial charge < -0.3 is 15.2 Å². The Labute approximate surface area is 60.2 Å². The van der Waals surface area contributed by atoms with Crippen LogP contribution in [0.25, 0.3) is 0 Å². The smallest absolute Gasteiger partial charge is 0.320 e.